The number of benzene rings is 2. The second-order valence-corrected chi connectivity index (χ2v) is 7.48. The Labute approximate surface area is 117 Å². The first-order chi connectivity index (χ1) is 8.61. The number of halogens is 2. The summed E-state index contributed by atoms with van der Waals surface area (Å²) in [7, 11) is -3.43. The Morgan fingerprint density at radius 3 is 1.33 bits per heavy atom. The maximum Gasteiger partial charge on any atom is 0.155 e. The van der Waals surface area contributed by atoms with Crippen molar-refractivity contribution in [2.24, 2.45) is 0 Å². The summed E-state index contributed by atoms with van der Waals surface area (Å²) < 4.78 is 0. The standard InChI is InChI=1S/C12H10Cl2O2P2/c13-17(15)11-7-3-1-5-9(11)10-6-2-4-8-12(10)18(14)16/h1-8,15-16H. The lowest BCUT2D eigenvalue weighted by Crippen LogP contribution is -2.09. The Morgan fingerprint density at radius 2 is 1.00 bits per heavy atom. The molecule has 0 saturated heterocycles. The van der Waals surface area contributed by atoms with Gasteiger partial charge in [-0.3, -0.25) is 0 Å². The molecule has 0 fully saturated rings. The Bertz CT molecular complexity index is 498. The van der Waals surface area contributed by atoms with Crippen LogP contribution in [0.5, 0.6) is 0 Å². The van der Waals surface area contributed by atoms with E-state index in [-0.39, 0.29) is 0 Å². The van der Waals surface area contributed by atoms with E-state index in [4.69, 9.17) is 22.5 Å². The van der Waals surface area contributed by atoms with Crippen LogP contribution in [0.25, 0.3) is 11.1 Å². The Morgan fingerprint density at radius 1 is 0.667 bits per heavy atom. The monoisotopic (exact) mass is 318 g/mol. The lowest BCUT2D eigenvalue weighted by molar-refractivity contribution is 0.648. The van der Waals surface area contributed by atoms with Crippen molar-refractivity contribution in [1.29, 1.82) is 0 Å². The zero-order chi connectivity index (χ0) is 13.1. The molecule has 0 heterocycles. The van der Waals surface area contributed by atoms with Crippen LogP contribution in [0.15, 0.2) is 48.5 Å². The molecule has 2 rings (SSSR count). The van der Waals surface area contributed by atoms with Gasteiger partial charge in [-0.1, -0.05) is 71.0 Å². The van der Waals surface area contributed by atoms with Crippen molar-refractivity contribution >= 4 is 48.1 Å². The molecule has 2 aromatic rings. The van der Waals surface area contributed by atoms with Crippen molar-refractivity contribution in [1.82, 2.24) is 0 Å². The van der Waals surface area contributed by atoms with E-state index in [0.29, 0.717) is 10.6 Å². The molecule has 0 amide bonds. The van der Waals surface area contributed by atoms with Crippen LogP contribution in [-0.4, -0.2) is 9.79 Å². The van der Waals surface area contributed by atoms with Crippen LogP contribution in [0, 0.1) is 0 Å². The molecule has 2 N–H and O–H groups in total. The van der Waals surface area contributed by atoms with Gasteiger partial charge in [-0.25, -0.2) is 0 Å². The molecule has 2 aromatic carbocycles. The average molecular weight is 319 g/mol. The van der Waals surface area contributed by atoms with Gasteiger partial charge in [0.15, 0.2) is 15.0 Å². The largest absolute Gasteiger partial charge is 0.356 e. The minimum absolute atomic E-state index is 0.662. The molecule has 0 spiro atoms. The van der Waals surface area contributed by atoms with Crippen LogP contribution < -0.4 is 10.6 Å². The molecular formula is C12H10Cl2O2P2. The van der Waals surface area contributed by atoms with Gasteiger partial charge in [0, 0.05) is 10.6 Å². The first kappa shape index (κ1) is 14.2. The molecule has 0 aromatic heterocycles. The van der Waals surface area contributed by atoms with Crippen molar-refractivity contribution in [2.75, 3.05) is 0 Å². The average Bonchev–Trinajstić information content (AvgIpc) is 2.38. The van der Waals surface area contributed by atoms with Gasteiger partial charge in [0.2, 0.25) is 0 Å². The van der Waals surface area contributed by atoms with E-state index in [1.165, 1.54) is 0 Å². The maximum atomic E-state index is 9.64. The van der Waals surface area contributed by atoms with Crippen LogP contribution in [-0.2, 0) is 0 Å². The van der Waals surface area contributed by atoms with Crippen molar-refractivity contribution in [3.8, 4) is 11.1 Å². The highest BCUT2D eigenvalue weighted by atomic mass is 35.7. The van der Waals surface area contributed by atoms with Crippen LogP contribution in [0.4, 0.5) is 0 Å². The van der Waals surface area contributed by atoms with E-state index < -0.39 is 15.0 Å². The highest BCUT2D eigenvalue weighted by molar-refractivity contribution is 7.86. The highest BCUT2D eigenvalue weighted by Crippen LogP contribution is 2.42. The van der Waals surface area contributed by atoms with E-state index in [2.05, 4.69) is 0 Å². The zero-order valence-corrected chi connectivity index (χ0v) is 12.5. The Hall–Kier alpha value is -0.200. The predicted octanol–water partition coefficient (Wildman–Crippen LogP) is 3.69. The predicted molar refractivity (Wildman–Crippen MR) is 81.1 cm³/mol. The molecule has 2 unspecified atom stereocenters. The number of rotatable bonds is 3. The molecule has 0 aliphatic rings. The van der Waals surface area contributed by atoms with Crippen LogP contribution in [0.1, 0.15) is 0 Å². The minimum Gasteiger partial charge on any atom is -0.356 e. The summed E-state index contributed by atoms with van der Waals surface area (Å²) in [4.78, 5) is 19.3. The first-order valence-corrected chi connectivity index (χ1v) is 9.49. The second kappa shape index (κ2) is 6.30. The third-order valence-corrected chi connectivity index (χ3v) is 5.16. The quantitative estimate of drug-likeness (QED) is 0.847. The van der Waals surface area contributed by atoms with Crippen LogP contribution >= 0.6 is 37.5 Å². The van der Waals surface area contributed by atoms with Crippen molar-refractivity contribution < 1.29 is 9.79 Å². The van der Waals surface area contributed by atoms with Gasteiger partial charge >= 0.3 is 0 Å². The summed E-state index contributed by atoms with van der Waals surface area (Å²) in [6.45, 7) is 0. The first-order valence-electron chi connectivity index (χ1n) is 5.09. The molecule has 0 bridgehead atoms. The van der Waals surface area contributed by atoms with E-state index in [9.17, 15) is 9.79 Å². The lowest BCUT2D eigenvalue weighted by atomic mass is 10.1. The van der Waals surface area contributed by atoms with Crippen LogP contribution in [0.3, 0.4) is 0 Å². The molecular weight excluding hydrogens is 309 g/mol. The zero-order valence-electron chi connectivity index (χ0n) is 9.16. The molecule has 6 heteroatoms. The lowest BCUT2D eigenvalue weighted by Gasteiger charge is -2.14. The smallest absolute Gasteiger partial charge is 0.155 e. The summed E-state index contributed by atoms with van der Waals surface area (Å²) in [5.74, 6) is 0. The number of hydrogen-bond acceptors (Lipinski definition) is 2. The normalized spacial score (nSPS) is 14.2. The summed E-state index contributed by atoms with van der Waals surface area (Å²) in [6, 6.07) is 14.6. The van der Waals surface area contributed by atoms with E-state index in [1.807, 2.05) is 36.4 Å². The molecule has 2 nitrogen and oxygen atoms in total. The van der Waals surface area contributed by atoms with Gasteiger partial charge < -0.3 is 9.79 Å². The molecule has 0 saturated carbocycles. The van der Waals surface area contributed by atoms with Crippen molar-refractivity contribution in [3.63, 3.8) is 0 Å². The third-order valence-electron chi connectivity index (χ3n) is 2.50. The molecule has 94 valence electrons. The maximum absolute atomic E-state index is 9.64. The molecule has 18 heavy (non-hydrogen) atoms. The molecule has 0 radical (unpaired) electrons. The van der Waals surface area contributed by atoms with E-state index in [0.717, 1.165) is 11.1 Å². The summed E-state index contributed by atoms with van der Waals surface area (Å²) in [5.41, 5.74) is 1.61. The molecule has 2 atom stereocenters. The Kier molecular flexibility index (Phi) is 4.98. The summed E-state index contributed by atoms with van der Waals surface area (Å²) in [6.07, 6.45) is 0. The molecule has 0 aliphatic heterocycles. The van der Waals surface area contributed by atoms with Gasteiger partial charge in [0.25, 0.3) is 0 Å². The summed E-state index contributed by atoms with van der Waals surface area (Å²) in [5, 5.41) is 1.32. The number of hydrogen-bond donors (Lipinski definition) is 2. The SMILES string of the molecule is OP(Cl)c1ccccc1-c1ccccc1P(O)Cl. The van der Waals surface area contributed by atoms with Crippen LogP contribution in [0.2, 0.25) is 0 Å². The van der Waals surface area contributed by atoms with Gasteiger partial charge in [-0.05, 0) is 11.1 Å². The third kappa shape index (κ3) is 3.03. The Balaban J connectivity index is 2.62. The van der Waals surface area contributed by atoms with Gasteiger partial charge in [0.1, 0.15) is 0 Å². The highest BCUT2D eigenvalue weighted by Gasteiger charge is 2.16. The fourth-order valence-electron chi connectivity index (χ4n) is 1.72. The van der Waals surface area contributed by atoms with Gasteiger partial charge in [-0.15, -0.1) is 0 Å². The topological polar surface area (TPSA) is 40.5 Å². The van der Waals surface area contributed by atoms with E-state index >= 15 is 0 Å². The minimum atomic E-state index is -1.72. The fraction of sp³-hybridized carbons (Fsp3) is 0. The van der Waals surface area contributed by atoms with E-state index in [1.54, 1.807) is 12.1 Å². The fourth-order valence-corrected chi connectivity index (χ4v) is 3.81. The summed E-state index contributed by atoms with van der Waals surface area (Å²) >= 11 is 11.6. The van der Waals surface area contributed by atoms with Crippen molar-refractivity contribution in [2.45, 2.75) is 0 Å². The second-order valence-electron chi connectivity index (χ2n) is 3.55. The molecule has 0 aliphatic carbocycles. The van der Waals surface area contributed by atoms with Crippen molar-refractivity contribution in [3.05, 3.63) is 48.5 Å². The van der Waals surface area contributed by atoms with Gasteiger partial charge in [-0.2, -0.15) is 0 Å². The van der Waals surface area contributed by atoms with Gasteiger partial charge in [0.05, 0.1) is 0 Å².